The number of ether oxygens (including phenoxy) is 1. The van der Waals surface area contributed by atoms with Crippen molar-refractivity contribution in [3.05, 3.63) is 45.9 Å². The second-order valence-corrected chi connectivity index (χ2v) is 5.75. The quantitative estimate of drug-likeness (QED) is 0.624. The maximum absolute atomic E-state index is 13.6. The highest BCUT2D eigenvalue weighted by atomic mass is 35.5. The van der Waals surface area contributed by atoms with E-state index in [1.165, 1.54) is 12.1 Å². The number of alkyl halides is 1. The molecule has 8 heteroatoms. The molecular weight excluding hydrogens is 346 g/mol. The lowest BCUT2D eigenvalue weighted by Gasteiger charge is -2.27. The van der Waals surface area contributed by atoms with Crippen LogP contribution in [-0.4, -0.2) is 30.4 Å². The van der Waals surface area contributed by atoms with Crippen LogP contribution in [0.15, 0.2) is 29.5 Å². The van der Waals surface area contributed by atoms with Gasteiger partial charge in [-0.3, -0.25) is 0 Å². The number of carbonyl (C=O) groups excluding carboxylic acids is 1. The standard InChI is InChI=1S/C15H15ClF2N2O2S/c1-8-13(12(7-17)20-15(23)19-8)14(21)22-6-5-9-10(16)3-2-4-11(9)18/h2-4,12H,5-7H2,1H3,(H2,19,20,23). The van der Waals surface area contributed by atoms with Gasteiger partial charge in [0.1, 0.15) is 12.5 Å². The molecule has 0 saturated heterocycles. The van der Waals surface area contributed by atoms with E-state index in [2.05, 4.69) is 10.6 Å². The topological polar surface area (TPSA) is 50.4 Å². The summed E-state index contributed by atoms with van der Waals surface area (Å²) < 4.78 is 31.8. The Labute approximate surface area is 142 Å². The van der Waals surface area contributed by atoms with Crippen molar-refractivity contribution in [2.75, 3.05) is 13.3 Å². The molecule has 2 rings (SSSR count). The summed E-state index contributed by atoms with van der Waals surface area (Å²) in [4.78, 5) is 12.1. The van der Waals surface area contributed by atoms with Gasteiger partial charge in [-0.15, -0.1) is 0 Å². The van der Waals surface area contributed by atoms with E-state index in [4.69, 9.17) is 28.6 Å². The van der Waals surface area contributed by atoms with Gasteiger partial charge in [0.25, 0.3) is 0 Å². The maximum atomic E-state index is 13.6. The van der Waals surface area contributed by atoms with E-state index >= 15 is 0 Å². The molecule has 0 fully saturated rings. The number of benzene rings is 1. The summed E-state index contributed by atoms with van der Waals surface area (Å²) in [7, 11) is 0. The van der Waals surface area contributed by atoms with Crippen LogP contribution in [0.2, 0.25) is 5.02 Å². The number of nitrogens with one attached hydrogen (secondary N) is 2. The maximum Gasteiger partial charge on any atom is 0.337 e. The monoisotopic (exact) mass is 360 g/mol. The minimum absolute atomic E-state index is 0.0697. The van der Waals surface area contributed by atoms with Crippen molar-refractivity contribution in [3.8, 4) is 0 Å². The number of carbonyl (C=O) groups is 1. The zero-order valence-corrected chi connectivity index (χ0v) is 13.9. The van der Waals surface area contributed by atoms with E-state index in [0.29, 0.717) is 5.70 Å². The predicted octanol–water partition coefficient (Wildman–Crippen LogP) is 2.65. The zero-order chi connectivity index (χ0) is 17.0. The summed E-state index contributed by atoms with van der Waals surface area (Å²) >= 11 is 10.8. The number of hydrogen-bond acceptors (Lipinski definition) is 3. The Morgan fingerprint density at radius 1 is 1.48 bits per heavy atom. The van der Waals surface area contributed by atoms with Gasteiger partial charge in [0.15, 0.2) is 5.11 Å². The van der Waals surface area contributed by atoms with Gasteiger partial charge in [0.2, 0.25) is 0 Å². The first-order valence-corrected chi connectivity index (χ1v) is 7.67. The van der Waals surface area contributed by atoms with Crippen LogP contribution < -0.4 is 10.6 Å². The van der Waals surface area contributed by atoms with Crippen LogP contribution in [0.4, 0.5) is 8.78 Å². The summed E-state index contributed by atoms with van der Waals surface area (Å²) in [6, 6.07) is 3.48. The summed E-state index contributed by atoms with van der Waals surface area (Å²) in [5, 5.41) is 5.93. The van der Waals surface area contributed by atoms with E-state index in [1.54, 1.807) is 13.0 Å². The number of rotatable bonds is 5. The fourth-order valence-electron chi connectivity index (χ4n) is 2.27. The molecule has 1 aromatic carbocycles. The van der Waals surface area contributed by atoms with Crippen molar-refractivity contribution in [3.63, 3.8) is 0 Å². The van der Waals surface area contributed by atoms with Crippen molar-refractivity contribution in [2.24, 2.45) is 0 Å². The molecule has 1 unspecified atom stereocenters. The molecule has 0 aromatic heterocycles. The molecule has 4 nitrogen and oxygen atoms in total. The first-order valence-electron chi connectivity index (χ1n) is 6.88. The predicted molar refractivity (Wildman–Crippen MR) is 87.4 cm³/mol. The lowest BCUT2D eigenvalue weighted by atomic mass is 10.0. The molecule has 0 bridgehead atoms. The van der Waals surface area contributed by atoms with Crippen molar-refractivity contribution in [2.45, 2.75) is 19.4 Å². The van der Waals surface area contributed by atoms with Crippen molar-refractivity contribution in [1.82, 2.24) is 10.6 Å². The third-order valence-corrected chi connectivity index (χ3v) is 3.95. The lowest BCUT2D eigenvalue weighted by molar-refractivity contribution is -0.139. The Bertz CT molecular complexity index is 647. The van der Waals surface area contributed by atoms with Crippen LogP contribution in [0.1, 0.15) is 12.5 Å². The molecule has 1 atom stereocenters. The van der Waals surface area contributed by atoms with Gasteiger partial charge >= 0.3 is 5.97 Å². The van der Waals surface area contributed by atoms with Gasteiger partial charge in [0.05, 0.1) is 18.2 Å². The molecule has 23 heavy (non-hydrogen) atoms. The molecule has 0 spiro atoms. The van der Waals surface area contributed by atoms with Gasteiger partial charge in [-0.1, -0.05) is 17.7 Å². The smallest absolute Gasteiger partial charge is 0.337 e. The fourth-order valence-corrected chi connectivity index (χ4v) is 2.82. The molecule has 1 aliphatic rings. The Kier molecular flexibility index (Phi) is 5.90. The van der Waals surface area contributed by atoms with Crippen molar-refractivity contribution in [1.29, 1.82) is 0 Å². The Morgan fingerprint density at radius 3 is 2.87 bits per heavy atom. The summed E-state index contributed by atoms with van der Waals surface area (Å²) in [5.41, 5.74) is 0.849. The van der Waals surface area contributed by atoms with E-state index in [9.17, 15) is 13.6 Å². The highest BCUT2D eigenvalue weighted by molar-refractivity contribution is 7.80. The number of halogens is 3. The summed E-state index contributed by atoms with van der Waals surface area (Å²) in [5.74, 6) is -1.14. The van der Waals surface area contributed by atoms with Crippen molar-refractivity contribution < 1.29 is 18.3 Å². The summed E-state index contributed by atoms with van der Waals surface area (Å²) in [6.07, 6.45) is 0.128. The number of allylic oxidation sites excluding steroid dienone is 1. The van der Waals surface area contributed by atoms with E-state index in [-0.39, 0.29) is 34.3 Å². The molecule has 0 aliphatic carbocycles. The summed E-state index contributed by atoms with van der Waals surface area (Å²) in [6.45, 7) is 0.739. The van der Waals surface area contributed by atoms with Gasteiger partial charge in [-0.05, 0) is 31.3 Å². The van der Waals surface area contributed by atoms with E-state index in [0.717, 1.165) is 0 Å². The first-order chi connectivity index (χ1) is 10.9. The Hall–Kier alpha value is -1.73. The third-order valence-electron chi connectivity index (χ3n) is 3.38. The van der Waals surface area contributed by atoms with Gasteiger partial charge in [0, 0.05) is 22.7 Å². The normalized spacial score (nSPS) is 17.6. The van der Waals surface area contributed by atoms with Crippen LogP contribution >= 0.6 is 23.8 Å². The molecule has 0 saturated carbocycles. The van der Waals surface area contributed by atoms with Crippen LogP contribution in [-0.2, 0) is 16.0 Å². The molecule has 1 aromatic rings. The molecule has 124 valence electrons. The minimum atomic E-state index is -0.853. The second kappa shape index (κ2) is 7.70. The van der Waals surface area contributed by atoms with E-state index in [1.807, 2.05) is 0 Å². The van der Waals surface area contributed by atoms with E-state index < -0.39 is 24.5 Å². The second-order valence-electron chi connectivity index (χ2n) is 4.93. The SMILES string of the molecule is CC1=C(C(=O)OCCc2c(F)cccc2Cl)C(CF)NC(=S)N1. The minimum Gasteiger partial charge on any atom is -0.462 e. The fraction of sp³-hybridized carbons (Fsp3) is 0.333. The zero-order valence-electron chi connectivity index (χ0n) is 12.3. The molecule has 1 aliphatic heterocycles. The molecule has 2 N–H and O–H groups in total. The van der Waals surface area contributed by atoms with Gasteiger partial charge in [-0.2, -0.15) is 0 Å². The first kappa shape index (κ1) is 17.6. The van der Waals surface area contributed by atoms with Crippen LogP contribution in [0, 0.1) is 5.82 Å². The molecular formula is C15H15ClF2N2O2S. The van der Waals surface area contributed by atoms with Crippen molar-refractivity contribution >= 4 is 34.9 Å². The number of thiocarbonyl (C=S) groups is 1. The Balaban J connectivity index is 2.02. The van der Waals surface area contributed by atoms with Crippen LogP contribution in [0.3, 0.4) is 0 Å². The average molecular weight is 361 g/mol. The lowest BCUT2D eigenvalue weighted by Crippen LogP contribution is -2.50. The average Bonchev–Trinajstić information content (AvgIpc) is 2.49. The molecule has 0 amide bonds. The highest BCUT2D eigenvalue weighted by Gasteiger charge is 2.29. The van der Waals surface area contributed by atoms with Gasteiger partial charge in [-0.25, -0.2) is 13.6 Å². The molecule has 1 heterocycles. The molecule has 0 radical (unpaired) electrons. The number of hydrogen-bond donors (Lipinski definition) is 2. The van der Waals surface area contributed by atoms with Gasteiger partial charge < -0.3 is 15.4 Å². The van der Waals surface area contributed by atoms with Crippen LogP contribution in [0.25, 0.3) is 0 Å². The highest BCUT2D eigenvalue weighted by Crippen LogP contribution is 2.20. The largest absolute Gasteiger partial charge is 0.462 e. The Morgan fingerprint density at radius 2 is 2.22 bits per heavy atom. The third kappa shape index (κ3) is 4.17. The van der Waals surface area contributed by atoms with Crippen LogP contribution in [0.5, 0.6) is 0 Å². The number of esters is 1.